The SMILES string of the molecule is CC(C(=O)OC1C2CC3OOC1C3C2)C(F)(F)F. The molecule has 3 fully saturated rings. The van der Waals surface area contributed by atoms with E-state index in [-0.39, 0.29) is 17.9 Å². The topological polar surface area (TPSA) is 44.8 Å². The smallest absolute Gasteiger partial charge is 0.401 e. The molecule has 2 bridgehead atoms. The summed E-state index contributed by atoms with van der Waals surface area (Å²) in [5, 5.41) is 0. The lowest BCUT2D eigenvalue weighted by Gasteiger charge is -2.26. The summed E-state index contributed by atoms with van der Waals surface area (Å²) in [4.78, 5) is 21.6. The monoisotopic (exact) mass is 266 g/mol. The highest BCUT2D eigenvalue weighted by Gasteiger charge is 2.61. The van der Waals surface area contributed by atoms with Crippen molar-refractivity contribution in [1.29, 1.82) is 0 Å². The molecule has 2 saturated carbocycles. The molecule has 2 aliphatic carbocycles. The standard InChI is InChI=1S/C11H13F3O4/c1-4(11(12,13)14)10(15)16-8-5-2-6-7(3-5)17-18-9(6)8/h4-9H,2-3H2,1H3. The minimum absolute atomic E-state index is 0.0231. The van der Waals surface area contributed by atoms with E-state index in [1.54, 1.807) is 0 Å². The summed E-state index contributed by atoms with van der Waals surface area (Å²) in [6, 6.07) is 0. The molecule has 1 heterocycles. The van der Waals surface area contributed by atoms with Gasteiger partial charge >= 0.3 is 12.1 Å². The van der Waals surface area contributed by atoms with Crippen LogP contribution in [0.1, 0.15) is 19.8 Å². The lowest BCUT2D eigenvalue weighted by atomic mass is 9.93. The first-order valence-corrected chi connectivity index (χ1v) is 5.97. The molecule has 1 aliphatic heterocycles. The minimum atomic E-state index is -4.57. The van der Waals surface area contributed by atoms with Gasteiger partial charge in [-0.2, -0.15) is 13.2 Å². The van der Waals surface area contributed by atoms with Gasteiger partial charge in [0.25, 0.3) is 0 Å². The van der Waals surface area contributed by atoms with Crippen molar-refractivity contribution in [2.75, 3.05) is 0 Å². The fraction of sp³-hybridized carbons (Fsp3) is 0.909. The zero-order chi connectivity index (χ0) is 13.1. The highest BCUT2D eigenvalue weighted by atomic mass is 19.4. The van der Waals surface area contributed by atoms with Crippen molar-refractivity contribution in [3.63, 3.8) is 0 Å². The van der Waals surface area contributed by atoms with E-state index in [1.165, 1.54) is 0 Å². The van der Waals surface area contributed by atoms with Crippen LogP contribution in [0.3, 0.4) is 0 Å². The second-order valence-corrected chi connectivity index (χ2v) is 5.26. The number of esters is 1. The molecule has 0 aromatic rings. The van der Waals surface area contributed by atoms with Crippen molar-refractivity contribution in [2.24, 2.45) is 17.8 Å². The third-order valence-corrected chi connectivity index (χ3v) is 4.18. The Kier molecular flexibility index (Phi) is 2.60. The van der Waals surface area contributed by atoms with E-state index in [0.717, 1.165) is 13.3 Å². The fourth-order valence-electron chi connectivity index (χ4n) is 3.10. The molecule has 0 amide bonds. The van der Waals surface area contributed by atoms with E-state index >= 15 is 0 Å². The maximum atomic E-state index is 12.4. The van der Waals surface area contributed by atoms with Crippen LogP contribution in [-0.2, 0) is 19.3 Å². The molecule has 7 heteroatoms. The van der Waals surface area contributed by atoms with Crippen molar-refractivity contribution >= 4 is 5.97 Å². The van der Waals surface area contributed by atoms with Crippen molar-refractivity contribution in [1.82, 2.24) is 0 Å². The molecule has 0 N–H and O–H groups in total. The summed E-state index contributed by atoms with van der Waals surface area (Å²) in [6.45, 7) is 0.810. The van der Waals surface area contributed by atoms with E-state index in [0.29, 0.717) is 6.42 Å². The van der Waals surface area contributed by atoms with Crippen molar-refractivity contribution in [3.8, 4) is 0 Å². The van der Waals surface area contributed by atoms with Gasteiger partial charge in [-0.1, -0.05) is 0 Å². The third-order valence-electron chi connectivity index (χ3n) is 4.18. The Morgan fingerprint density at radius 3 is 2.72 bits per heavy atom. The zero-order valence-corrected chi connectivity index (χ0v) is 9.65. The van der Waals surface area contributed by atoms with Crippen molar-refractivity contribution in [3.05, 3.63) is 0 Å². The maximum Gasteiger partial charge on any atom is 0.401 e. The number of halogens is 3. The summed E-state index contributed by atoms with van der Waals surface area (Å²) < 4.78 is 42.2. The largest absolute Gasteiger partial charge is 0.459 e. The Balaban J connectivity index is 1.66. The van der Waals surface area contributed by atoms with Gasteiger partial charge in [0, 0.05) is 11.8 Å². The van der Waals surface area contributed by atoms with Crippen LogP contribution in [0.5, 0.6) is 0 Å². The van der Waals surface area contributed by atoms with E-state index < -0.39 is 30.3 Å². The molecule has 1 saturated heterocycles. The normalized spacial score (nSPS) is 43.2. The zero-order valence-electron chi connectivity index (χ0n) is 9.65. The van der Waals surface area contributed by atoms with Gasteiger partial charge in [-0.15, -0.1) is 0 Å². The van der Waals surface area contributed by atoms with Crippen molar-refractivity contribution in [2.45, 2.75) is 44.3 Å². The van der Waals surface area contributed by atoms with Crippen LogP contribution in [0.25, 0.3) is 0 Å². The van der Waals surface area contributed by atoms with Gasteiger partial charge in [0.05, 0.1) is 6.10 Å². The van der Waals surface area contributed by atoms with Crippen LogP contribution in [0.2, 0.25) is 0 Å². The van der Waals surface area contributed by atoms with E-state index in [1.807, 2.05) is 0 Å². The lowest BCUT2D eigenvalue weighted by Crippen LogP contribution is -2.40. The van der Waals surface area contributed by atoms with E-state index in [4.69, 9.17) is 14.5 Å². The van der Waals surface area contributed by atoms with Crippen LogP contribution < -0.4 is 0 Å². The Morgan fingerprint density at radius 1 is 1.33 bits per heavy atom. The number of hydrogen-bond donors (Lipinski definition) is 0. The first-order valence-electron chi connectivity index (χ1n) is 5.97. The molecule has 3 aliphatic rings. The number of alkyl halides is 3. The molecule has 102 valence electrons. The van der Waals surface area contributed by atoms with Gasteiger partial charge in [0.2, 0.25) is 0 Å². The summed E-state index contributed by atoms with van der Waals surface area (Å²) in [6.07, 6.45) is -4.03. The average molecular weight is 266 g/mol. The quantitative estimate of drug-likeness (QED) is 0.565. The molecule has 3 rings (SSSR count). The average Bonchev–Trinajstić information content (AvgIpc) is 2.86. The Hall–Kier alpha value is -0.820. The highest BCUT2D eigenvalue weighted by molar-refractivity contribution is 5.73. The number of hydrogen-bond acceptors (Lipinski definition) is 4. The Morgan fingerprint density at radius 2 is 2.06 bits per heavy atom. The molecule has 0 spiro atoms. The highest BCUT2D eigenvalue weighted by Crippen LogP contribution is 2.53. The molecule has 0 radical (unpaired) electrons. The predicted molar refractivity (Wildman–Crippen MR) is 51.1 cm³/mol. The molecular weight excluding hydrogens is 253 g/mol. The van der Waals surface area contributed by atoms with Crippen LogP contribution in [0.4, 0.5) is 13.2 Å². The predicted octanol–water partition coefficient (Wildman–Crippen LogP) is 1.84. The molecule has 6 atom stereocenters. The molecule has 4 nitrogen and oxygen atoms in total. The van der Waals surface area contributed by atoms with Gasteiger partial charge in [0.1, 0.15) is 18.1 Å². The van der Waals surface area contributed by atoms with Crippen LogP contribution in [0.15, 0.2) is 0 Å². The Bertz CT molecular complexity index is 368. The maximum absolute atomic E-state index is 12.4. The van der Waals surface area contributed by atoms with Crippen LogP contribution >= 0.6 is 0 Å². The fourth-order valence-corrected chi connectivity index (χ4v) is 3.10. The molecule has 6 unspecified atom stereocenters. The second-order valence-electron chi connectivity index (χ2n) is 5.26. The summed E-state index contributed by atoms with van der Waals surface area (Å²) in [7, 11) is 0. The van der Waals surface area contributed by atoms with Gasteiger partial charge < -0.3 is 4.74 Å². The van der Waals surface area contributed by atoms with Crippen molar-refractivity contribution < 1.29 is 32.5 Å². The third kappa shape index (κ3) is 1.72. The number of carbonyl (C=O) groups is 1. The number of carbonyl (C=O) groups excluding carboxylic acids is 1. The summed E-state index contributed by atoms with van der Waals surface area (Å²) in [5.41, 5.74) is 0. The van der Waals surface area contributed by atoms with E-state index in [2.05, 4.69) is 0 Å². The number of fused-ring (bicyclic) bond motifs is 1. The van der Waals surface area contributed by atoms with Gasteiger partial charge in [-0.3, -0.25) is 4.79 Å². The minimum Gasteiger partial charge on any atom is -0.459 e. The number of rotatable bonds is 2. The first kappa shape index (κ1) is 12.2. The van der Waals surface area contributed by atoms with Gasteiger partial charge in [-0.25, -0.2) is 9.78 Å². The summed E-state index contributed by atoms with van der Waals surface area (Å²) in [5.74, 6) is -3.10. The molecule has 0 aromatic heterocycles. The van der Waals surface area contributed by atoms with Crippen LogP contribution in [-0.4, -0.2) is 30.5 Å². The molecular formula is C11H13F3O4. The number of ether oxygens (including phenoxy) is 1. The van der Waals surface area contributed by atoms with Gasteiger partial charge in [-0.05, 0) is 19.8 Å². The summed E-state index contributed by atoms with van der Waals surface area (Å²) >= 11 is 0. The lowest BCUT2D eigenvalue weighted by molar-refractivity contribution is -0.299. The second kappa shape index (κ2) is 3.84. The molecule has 18 heavy (non-hydrogen) atoms. The Labute approximate surface area is 101 Å². The van der Waals surface area contributed by atoms with Gasteiger partial charge in [0.15, 0.2) is 0 Å². The van der Waals surface area contributed by atoms with Crippen LogP contribution in [0, 0.1) is 17.8 Å². The first-order chi connectivity index (χ1) is 8.38. The van der Waals surface area contributed by atoms with E-state index in [9.17, 15) is 18.0 Å². The molecule has 0 aromatic carbocycles.